The highest BCUT2D eigenvalue weighted by molar-refractivity contribution is 6.31. The Labute approximate surface area is 93.9 Å². The Morgan fingerprint density at radius 2 is 2.00 bits per heavy atom. The van der Waals surface area contributed by atoms with Gasteiger partial charge in [-0.25, -0.2) is 4.39 Å². The molecule has 0 heterocycles. The van der Waals surface area contributed by atoms with Crippen LogP contribution in [-0.4, -0.2) is 11.7 Å². The van der Waals surface area contributed by atoms with E-state index in [0.717, 1.165) is 25.7 Å². The third kappa shape index (κ3) is 1.77. The number of halogens is 2. The largest absolute Gasteiger partial charge is 0.395 e. The highest BCUT2D eigenvalue weighted by Gasteiger charge is 2.38. The van der Waals surface area contributed by atoms with Crippen molar-refractivity contribution in [2.75, 3.05) is 6.61 Å². The Hall–Kier alpha value is -0.600. The lowest BCUT2D eigenvalue weighted by Gasteiger charge is -2.28. The maximum atomic E-state index is 13.7. The molecular formula is C12H14ClFO. The molecule has 1 aliphatic rings. The predicted molar refractivity (Wildman–Crippen MR) is 58.6 cm³/mol. The molecule has 1 aromatic carbocycles. The summed E-state index contributed by atoms with van der Waals surface area (Å²) in [5, 5.41) is 9.93. The van der Waals surface area contributed by atoms with E-state index in [9.17, 15) is 9.50 Å². The summed E-state index contributed by atoms with van der Waals surface area (Å²) < 4.78 is 13.7. The van der Waals surface area contributed by atoms with Crippen LogP contribution in [0.15, 0.2) is 18.2 Å². The zero-order valence-corrected chi connectivity index (χ0v) is 9.23. The molecule has 2 rings (SSSR count). The average molecular weight is 229 g/mol. The van der Waals surface area contributed by atoms with Crippen LogP contribution in [0, 0.1) is 5.82 Å². The van der Waals surface area contributed by atoms with Crippen LogP contribution in [-0.2, 0) is 5.41 Å². The Balaban J connectivity index is 2.51. The van der Waals surface area contributed by atoms with Gasteiger partial charge in [0.15, 0.2) is 0 Å². The van der Waals surface area contributed by atoms with Gasteiger partial charge in [0, 0.05) is 16.0 Å². The van der Waals surface area contributed by atoms with Gasteiger partial charge in [-0.3, -0.25) is 0 Å². The number of aliphatic hydroxyl groups is 1. The molecule has 0 radical (unpaired) electrons. The van der Waals surface area contributed by atoms with Gasteiger partial charge in [0.25, 0.3) is 0 Å². The minimum absolute atomic E-state index is 0.0202. The van der Waals surface area contributed by atoms with E-state index in [-0.39, 0.29) is 12.4 Å². The van der Waals surface area contributed by atoms with Gasteiger partial charge in [0.2, 0.25) is 0 Å². The molecule has 1 N–H and O–H groups in total. The Morgan fingerprint density at radius 1 is 1.33 bits per heavy atom. The van der Waals surface area contributed by atoms with Gasteiger partial charge in [0.1, 0.15) is 5.82 Å². The molecule has 3 heteroatoms. The van der Waals surface area contributed by atoms with Crippen molar-refractivity contribution in [1.82, 2.24) is 0 Å². The minimum Gasteiger partial charge on any atom is -0.395 e. The maximum absolute atomic E-state index is 13.7. The normalized spacial score (nSPS) is 19.4. The molecule has 0 spiro atoms. The van der Waals surface area contributed by atoms with Gasteiger partial charge in [-0.1, -0.05) is 30.5 Å². The van der Waals surface area contributed by atoms with Crippen molar-refractivity contribution < 1.29 is 9.50 Å². The fourth-order valence-electron chi connectivity index (χ4n) is 2.54. The molecule has 1 aliphatic carbocycles. The third-order valence-electron chi connectivity index (χ3n) is 3.36. The van der Waals surface area contributed by atoms with Crippen molar-refractivity contribution in [3.8, 4) is 0 Å². The van der Waals surface area contributed by atoms with Crippen molar-refractivity contribution in [2.24, 2.45) is 0 Å². The lowest BCUT2D eigenvalue weighted by Crippen LogP contribution is -2.28. The van der Waals surface area contributed by atoms with Crippen molar-refractivity contribution >= 4 is 11.6 Å². The van der Waals surface area contributed by atoms with Gasteiger partial charge >= 0.3 is 0 Å². The van der Waals surface area contributed by atoms with Crippen molar-refractivity contribution in [3.63, 3.8) is 0 Å². The summed E-state index contributed by atoms with van der Waals surface area (Å²) in [4.78, 5) is 0. The molecule has 1 nitrogen and oxygen atoms in total. The van der Waals surface area contributed by atoms with E-state index in [1.165, 1.54) is 6.07 Å². The first kappa shape index (κ1) is 10.9. The smallest absolute Gasteiger partial charge is 0.128 e. The fraction of sp³-hybridized carbons (Fsp3) is 0.500. The molecular weight excluding hydrogens is 215 g/mol. The minimum atomic E-state index is -0.442. The molecule has 0 bridgehead atoms. The number of hydrogen-bond acceptors (Lipinski definition) is 1. The Morgan fingerprint density at radius 3 is 2.53 bits per heavy atom. The standard InChI is InChI=1S/C12H14ClFO/c13-9-4-3-5-10(14)11(9)12(8-15)6-1-2-7-12/h3-5,15H,1-2,6-8H2. The summed E-state index contributed by atoms with van der Waals surface area (Å²) in [6, 6.07) is 4.70. The summed E-state index contributed by atoms with van der Waals surface area (Å²) in [6.07, 6.45) is 3.71. The monoisotopic (exact) mass is 228 g/mol. The lowest BCUT2D eigenvalue weighted by molar-refractivity contribution is 0.192. The summed E-state index contributed by atoms with van der Waals surface area (Å²) in [6.45, 7) is -0.0202. The van der Waals surface area contributed by atoms with E-state index in [4.69, 9.17) is 11.6 Å². The number of rotatable bonds is 2. The molecule has 0 aromatic heterocycles. The molecule has 82 valence electrons. The summed E-state index contributed by atoms with van der Waals surface area (Å²) >= 11 is 6.03. The topological polar surface area (TPSA) is 20.2 Å². The van der Waals surface area contributed by atoms with Crippen molar-refractivity contribution in [3.05, 3.63) is 34.6 Å². The van der Waals surface area contributed by atoms with Crippen LogP contribution < -0.4 is 0 Å². The molecule has 0 unspecified atom stereocenters. The summed E-state index contributed by atoms with van der Waals surface area (Å²) in [5.74, 6) is -0.293. The van der Waals surface area contributed by atoms with E-state index in [0.29, 0.717) is 10.6 Å². The maximum Gasteiger partial charge on any atom is 0.128 e. The second kappa shape index (κ2) is 4.11. The SMILES string of the molecule is OCC1(c2c(F)cccc2Cl)CCCC1. The zero-order valence-electron chi connectivity index (χ0n) is 8.47. The lowest BCUT2D eigenvalue weighted by atomic mass is 9.79. The van der Waals surface area contributed by atoms with Crippen molar-refractivity contribution in [1.29, 1.82) is 0 Å². The second-order valence-corrected chi connectivity index (χ2v) is 4.65. The van der Waals surface area contributed by atoms with Gasteiger partial charge in [-0.05, 0) is 25.0 Å². The quantitative estimate of drug-likeness (QED) is 0.824. The molecule has 1 saturated carbocycles. The van der Waals surface area contributed by atoms with Crippen LogP contribution in [0.25, 0.3) is 0 Å². The van der Waals surface area contributed by atoms with E-state index in [2.05, 4.69) is 0 Å². The summed E-state index contributed by atoms with van der Waals surface area (Å²) in [5.41, 5.74) is 0.0641. The highest BCUT2D eigenvalue weighted by atomic mass is 35.5. The van der Waals surface area contributed by atoms with Crippen LogP contribution in [0.1, 0.15) is 31.2 Å². The first-order valence-electron chi connectivity index (χ1n) is 5.25. The number of hydrogen-bond donors (Lipinski definition) is 1. The Bertz CT molecular complexity index is 338. The van der Waals surface area contributed by atoms with Crippen LogP contribution in [0.2, 0.25) is 5.02 Å². The molecule has 0 atom stereocenters. The molecule has 0 amide bonds. The van der Waals surface area contributed by atoms with Crippen LogP contribution in [0.3, 0.4) is 0 Å². The Kier molecular flexibility index (Phi) is 2.98. The zero-order chi connectivity index (χ0) is 10.9. The fourth-order valence-corrected chi connectivity index (χ4v) is 2.91. The molecule has 1 aromatic rings. The highest BCUT2D eigenvalue weighted by Crippen LogP contribution is 2.44. The molecule has 1 fully saturated rings. The first-order valence-corrected chi connectivity index (χ1v) is 5.63. The second-order valence-electron chi connectivity index (χ2n) is 4.24. The molecule has 0 saturated heterocycles. The average Bonchev–Trinajstić information content (AvgIpc) is 2.67. The number of aliphatic hydroxyl groups excluding tert-OH is 1. The van der Waals surface area contributed by atoms with E-state index >= 15 is 0 Å². The van der Waals surface area contributed by atoms with E-state index in [1.807, 2.05) is 0 Å². The predicted octanol–water partition coefficient (Wildman–Crippen LogP) is 3.28. The van der Waals surface area contributed by atoms with Crippen molar-refractivity contribution in [2.45, 2.75) is 31.1 Å². The van der Waals surface area contributed by atoms with Gasteiger partial charge in [0.05, 0.1) is 6.61 Å². The van der Waals surface area contributed by atoms with E-state index in [1.54, 1.807) is 12.1 Å². The van der Waals surface area contributed by atoms with Crippen LogP contribution in [0.4, 0.5) is 4.39 Å². The van der Waals surface area contributed by atoms with Gasteiger partial charge < -0.3 is 5.11 Å². The number of benzene rings is 1. The molecule has 0 aliphatic heterocycles. The van der Waals surface area contributed by atoms with Crippen LogP contribution >= 0.6 is 11.6 Å². The summed E-state index contributed by atoms with van der Waals surface area (Å²) in [7, 11) is 0. The van der Waals surface area contributed by atoms with Gasteiger partial charge in [-0.2, -0.15) is 0 Å². The van der Waals surface area contributed by atoms with Crippen LogP contribution in [0.5, 0.6) is 0 Å². The van der Waals surface area contributed by atoms with Gasteiger partial charge in [-0.15, -0.1) is 0 Å². The third-order valence-corrected chi connectivity index (χ3v) is 3.67. The first-order chi connectivity index (χ1) is 7.19. The molecule has 15 heavy (non-hydrogen) atoms. The van der Waals surface area contributed by atoms with E-state index < -0.39 is 5.41 Å².